The summed E-state index contributed by atoms with van der Waals surface area (Å²) in [7, 11) is 0. The predicted molar refractivity (Wildman–Crippen MR) is 40.0 cm³/mol. The molecule has 0 heterocycles. The molecule has 0 atom stereocenters. The van der Waals surface area contributed by atoms with Gasteiger partial charge in [0.2, 0.25) is 6.41 Å². The van der Waals surface area contributed by atoms with Gasteiger partial charge in [-0.25, -0.2) is 0 Å². The Balaban J connectivity index is 3.24. The van der Waals surface area contributed by atoms with Gasteiger partial charge < -0.3 is 5.32 Å². The first-order chi connectivity index (χ1) is 3.81. The van der Waals surface area contributed by atoms with Gasteiger partial charge in [0.25, 0.3) is 0 Å². The van der Waals surface area contributed by atoms with Crippen LogP contribution in [0.1, 0.15) is 0 Å². The zero-order chi connectivity index (χ0) is 6.41. The molecule has 0 fully saturated rings. The molecule has 8 heavy (non-hydrogen) atoms. The van der Waals surface area contributed by atoms with E-state index in [9.17, 15) is 4.79 Å². The van der Waals surface area contributed by atoms with Crippen molar-refractivity contribution in [2.24, 2.45) is 0 Å². The summed E-state index contributed by atoms with van der Waals surface area (Å²) in [6.07, 6.45) is 0.651. The lowest BCUT2D eigenvalue weighted by Crippen LogP contribution is -2.11. The summed E-state index contributed by atoms with van der Waals surface area (Å²) in [5.74, 6) is 0. The molecule has 2 nitrogen and oxygen atoms in total. The van der Waals surface area contributed by atoms with E-state index in [0.717, 1.165) is 4.48 Å². The number of nitrogens with one attached hydrogen (secondary N) is 1. The summed E-state index contributed by atoms with van der Waals surface area (Å²) < 4.78 is 0.907. The zero-order valence-corrected chi connectivity index (χ0v) is 7.20. The van der Waals surface area contributed by atoms with Crippen LogP contribution >= 0.6 is 31.9 Å². The maximum absolute atomic E-state index is 9.65. The molecule has 0 aliphatic carbocycles. The Morgan fingerprint density at radius 1 is 1.75 bits per heavy atom. The molecule has 1 N–H and O–H groups in total. The summed E-state index contributed by atoms with van der Waals surface area (Å²) in [6, 6.07) is 0. The van der Waals surface area contributed by atoms with Crippen LogP contribution in [0.3, 0.4) is 0 Å². The molecular weight excluding hydrogens is 238 g/mol. The summed E-state index contributed by atoms with van der Waals surface area (Å²) in [6.45, 7) is 0.536. The fourth-order valence-electron chi connectivity index (χ4n) is 0.178. The van der Waals surface area contributed by atoms with Crippen molar-refractivity contribution >= 4 is 38.3 Å². The minimum absolute atomic E-state index is 0.536. The lowest BCUT2D eigenvalue weighted by molar-refractivity contribution is -0.109. The molecule has 0 aromatic rings. The van der Waals surface area contributed by atoms with Crippen LogP contribution < -0.4 is 5.32 Å². The molecular formula is C4H5Br2NO. The van der Waals surface area contributed by atoms with E-state index in [0.29, 0.717) is 13.0 Å². The van der Waals surface area contributed by atoms with E-state index in [1.165, 1.54) is 0 Å². The number of amides is 1. The van der Waals surface area contributed by atoms with Crippen molar-refractivity contribution < 1.29 is 4.79 Å². The van der Waals surface area contributed by atoms with Crippen molar-refractivity contribution in [1.29, 1.82) is 0 Å². The Morgan fingerprint density at radius 3 is 2.75 bits per heavy atom. The predicted octanol–water partition coefficient (Wildman–Crippen LogP) is 1.36. The highest BCUT2D eigenvalue weighted by Crippen LogP contribution is 2.04. The fraction of sp³-hybridized carbons (Fsp3) is 0.250. The van der Waals surface area contributed by atoms with E-state index in [-0.39, 0.29) is 0 Å². The third-order valence-corrected chi connectivity index (χ3v) is 2.15. The number of hydrogen-bond acceptors (Lipinski definition) is 1. The van der Waals surface area contributed by atoms with Gasteiger partial charge in [0.15, 0.2) is 0 Å². The Kier molecular flexibility index (Phi) is 5.42. The zero-order valence-electron chi connectivity index (χ0n) is 4.03. The highest BCUT2D eigenvalue weighted by molar-refractivity contribution is 9.14. The van der Waals surface area contributed by atoms with Crippen LogP contribution in [0.4, 0.5) is 0 Å². The molecule has 4 heteroatoms. The molecule has 0 aromatic heterocycles. The van der Waals surface area contributed by atoms with Gasteiger partial charge in [0, 0.05) is 11.0 Å². The minimum Gasteiger partial charge on any atom is -0.354 e. The molecule has 0 saturated carbocycles. The van der Waals surface area contributed by atoms with Crippen LogP contribution in [0.25, 0.3) is 0 Å². The average molecular weight is 243 g/mol. The Morgan fingerprint density at radius 2 is 2.38 bits per heavy atom. The second-order valence-electron chi connectivity index (χ2n) is 1.05. The molecule has 0 rings (SSSR count). The van der Waals surface area contributed by atoms with E-state index in [1.54, 1.807) is 4.99 Å². The van der Waals surface area contributed by atoms with Crippen molar-refractivity contribution in [3.8, 4) is 0 Å². The molecule has 1 amide bonds. The molecule has 0 spiro atoms. The van der Waals surface area contributed by atoms with Gasteiger partial charge in [-0.15, -0.1) is 0 Å². The normalized spacial score (nSPS) is 11.0. The smallest absolute Gasteiger partial charge is 0.207 e. The largest absolute Gasteiger partial charge is 0.354 e. The van der Waals surface area contributed by atoms with Crippen molar-refractivity contribution in [2.75, 3.05) is 6.54 Å². The van der Waals surface area contributed by atoms with Gasteiger partial charge in [0.1, 0.15) is 0 Å². The first-order valence-corrected chi connectivity index (χ1v) is 3.64. The molecule has 0 radical (unpaired) electrons. The monoisotopic (exact) mass is 241 g/mol. The number of carbonyl (C=O) groups excluding carboxylic acids is 1. The van der Waals surface area contributed by atoms with Gasteiger partial charge >= 0.3 is 0 Å². The summed E-state index contributed by atoms with van der Waals surface area (Å²) >= 11 is 6.25. The van der Waals surface area contributed by atoms with Crippen molar-refractivity contribution in [2.45, 2.75) is 0 Å². The van der Waals surface area contributed by atoms with E-state index in [1.807, 2.05) is 0 Å². The maximum atomic E-state index is 9.65. The van der Waals surface area contributed by atoms with Crippen molar-refractivity contribution in [3.05, 3.63) is 9.47 Å². The number of carbonyl (C=O) groups is 1. The third kappa shape index (κ3) is 4.33. The highest BCUT2D eigenvalue weighted by atomic mass is 79.9. The molecule has 0 aliphatic heterocycles. The summed E-state index contributed by atoms with van der Waals surface area (Å²) in [4.78, 5) is 11.3. The average Bonchev–Trinajstić information content (AvgIpc) is 1.83. The van der Waals surface area contributed by atoms with Crippen LogP contribution in [-0.2, 0) is 4.79 Å². The van der Waals surface area contributed by atoms with E-state index in [2.05, 4.69) is 37.2 Å². The number of rotatable bonds is 3. The van der Waals surface area contributed by atoms with Crippen LogP contribution in [0, 0.1) is 0 Å². The number of halogens is 2. The van der Waals surface area contributed by atoms with E-state index < -0.39 is 0 Å². The third-order valence-electron chi connectivity index (χ3n) is 0.473. The Labute approximate surface area is 64.6 Å². The minimum atomic E-state index is 0.536. The molecule has 0 aliphatic rings. The SMILES string of the molecule is O=CNCC(Br)=CBr. The molecule has 0 unspecified atom stereocenters. The van der Waals surface area contributed by atoms with Crippen LogP contribution in [0.2, 0.25) is 0 Å². The lowest BCUT2D eigenvalue weighted by Gasteiger charge is -1.91. The highest BCUT2D eigenvalue weighted by Gasteiger charge is 1.84. The maximum Gasteiger partial charge on any atom is 0.207 e. The standard InChI is InChI=1S/C4H5Br2NO/c5-1-4(6)2-7-3-8/h1,3H,2H2,(H,7,8). The molecule has 0 aromatic carbocycles. The number of hydrogen-bond donors (Lipinski definition) is 1. The van der Waals surface area contributed by atoms with E-state index in [4.69, 9.17) is 0 Å². The Hall–Kier alpha value is 0.170. The molecule has 46 valence electrons. The summed E-state index contributed by atoms with van der Waals surface area (Å²) in [5, 5.41) is 2.47. The van der Waals surface area contributed by atoms with E-state index >= 15 is 0 Å². The lowest BCUT2D eigenvalue weighted by atomic mass is 10.6. The van der Waals surface area contributed by atoms with Gasteiger partial charge in [-0.05, 0) is 4.99 Å². The van der Waals surface area contributed by atoms with Crippen molar-refractivity contribution in [3.63, 3.8) is 0 Å². The van der Waals surface area contributed by atoms with Crippen LogP contribution in [0.15, 0.2) is 9.47 Å². The van der Waals surface area contributed by atoms with Crippen molar-refractivity contribution in [1.82, 2.24) is 5.32 Å². The van der Waals surface area contributed by atoms with Crippen LogP contribution in [0.5, 0.6) is 0 Å². The topological polar surface area (TPSA) is 29.1 Å². The van der Waals surface area contributed by atoms with Gasteiger partial charge in [-0.2, -0.15) is 0 Å². The molecule has 0 bridgehead atoms. The second-order valence-corrected chi connectivity index (χ2v) is 2.53. The summed E-state index contributed by atoms with van der Waals surface area (Å²) in [5.41, 5.74) is 0. The first-order valence-electron chi connectivity index (χ1n) is 1.93. The van der Waals surface area contributed by atoms with Crippen LogP contribution in [-0.4, -0.2) is 13.0 Å². The fourth-order valence-corrected chi connectivity index (χ4v) is 0.501. The second kappa shape index (κ2) is 5.31. The van der Waals surface area contributed by atoms with Gasteiger partial charge in [0.05, 0.1) is 0 Å². The quantitative estimate of drug-likeness (QED) is 0.745. The first kappa shape index (κ1) is 8.17. The Bertz CT molecular complexity index is 102. The molecule has 0 saturated heterocycles. The van der Waals surface area contributed by atoms with Gasteiger partial charge in [-0.1, -0.05) is 31.9 Å². The van der Waals surface area contributed by atoms with Gasteiger partial charge in [-0.3, -0.25) is 4.79 Å².